The first-order valence-electron chi connectivity index (χ1n) is 4.44. The van der Waals surface area contributed by atoms with Crippen LogP contribution in [0.2, 0.25) is 0 Å². The third-order valence-electron chi connectivity index (χ3n) is 2.93. The summed E-state index contributed by atoms with van der Waals surface area (Å²) < 4.78 is 25.4. The van der Waals surface area contributed by atoms with Crippen molar-refractivity contribution in [3.63, 3.8) is 0 Å². The highest BCUT2D eigenvalue weighted by molar-refractivity contribution is 5.84. The average Bonchev–Trinajstić information content (AvgIpc) is 1.97. The lowest BCUT2D eigenvalue weighted by Crippen LogP contribution is -2.57. The van der Waals surface area contributed by atoms with Gasteiger partial charge in [0.25, 0.3) is 0 Å². The van der Waals surface area contributed by atoms with Crippen LogP contribution in [0.3, 0.4) is 0 Å². The number of alkyl halides is 2. The van der Waals surface area contributed by atoms with E-state index in [-0.39, 0.29) is 24.7 Å². The van der Waals surface area contributed by atoms with Gasteiger partial charge in [-0.3, -0.25) is 4.79 Å². The topological polar surface area (TPSA) is 29.1 Å². The molecule has 76 valence electrons. The lowest BCUT2D eigenvalue weighted by Gasteiger charge is -2.48. The van der Waals surface area contributed by atoms with Crippen LogP contribution in [0.5, 0.6) is 0 Å². The molecule has 1 rings (SSSR count). The Hall–Kier alpha value is -0.670. The molecule has 13 heavy (non-hydrogen) atoms. The maximum atomic E-state index is 12.7. The zero-order valence-electron chi connectivity index (χ0n) is 8.16. The van der Waals surface area contributed by atoms with Crippen LogP contribution >= 0.6 is 0 Å². The molecular weight excluding hydrogens is 176 g/mol. The van der Waals surface area contributed by atoms with E-state index in [0.717, 1.165) is 0 Å². The van der Waals surface area contributed by atoms with Crippen LogP contribution in [-0.4, -0.2) is 18.9 Å². The molecule has 4 heteroatoms. The zero-order chi connectivity index (χ0) is 10.3. The van der Waals surface area contributed by atoms with Gasteiger partial charge in [0.1, 0.15) is 0 Å². The van der Waals surface area contributed by atoms with Crippen molar-refractivity contribution in [1.29, 1.82) is 0 Å². The summed E-state index contributed by atoms with van der Waals surface area (Å²) in [7, 11) is 1.49. The van der Waals surface area contributed by atoms with E-state index in [1.54, 1.807) is 0 Å². The van der Waals surface area contributed by atoms with Gasteiger partial charge in [-0.25, -0.2) is 8.78 Å². The molecule has 1 fully saturated rings. The van der Waals surface area contributed by atoms with Crippen molar-refractivity contribution in [2.24, 2.45) is 11.3 Å². The molecule has 1 N–H and O–H groups in total. The van der Waals surface area contributed by atoms with E-state index in [9.17, 15) is 13.6 Å². The minimum atomic E-state index is -2.64. The van der Waals surface area contributed by atoms with Gasteiger partial charge in [-0.05, 0) is 5.92 Å². The molecule has 0 aromatic carbocycles. The fourth-order valence-corrected chi connectivity index (χ4v) is 1.95. The number of amides is 1. The summed E-state index contributed by atoms with van der Waals surface area (Å²) in [5.74, 6) is -2.93. The molecule has 0 heterocycles. The molecule has 0 radical (unpaired) electrons. The second-order valence-electron chi connectivity index (χ2n) is 4.10. The van der Waals surface area contributed by atoms with E-state index in [1.165, 1.54) is 7.05 Å². The van der Waals surface area contributed by atoms with Gasteiger partial charge < -0.3 is 5.32 Å². The van der Waals surface area contributed by atoms with Gasteiger partial charge in [0.05, 0.1) is 5.41 Å². The average molecular weight is 191 g/mol. The van der Waals surface area contributed by atoms with Crippen LogP contribution in [-0.2, 0) is 4.79 Å². The number of hydrogen-bond donors (Lipinski definition) is 1. The third-order valence-corrected chi connectivity index (χ3v) is 2.93. The Labute approximate surface area is 76.7 Å². The van der Waals surface area contributed by atoms with Crippen LogP contribution < -0.4 is 5.32 Å². The molecule has 0 aromatic heterocycles. The molecule has 1 aliphatic rings. The molecule has 1 amide bonds. The van der Waals surface area contributed by atoms with Gasteiger partial charge in [0.2, 0.25) is 11.8 Å². The summed E-state index contributed by atoms with van der Waals surface area (Å²) in [6.45, 7) is 3.62. The maximum absolute atomic E-state index is 12.7. The lowest BCUT2D eigenvalue weighted by atomic mass is 9.59. The maximum Gasteiger partial charge on any atom is 0.250 e. The SMILES string of the molecule is CNC(=O)C1(C(C)C)CC(F)(F)C1. The molecule has 0 unspecified atom stereocenters. The Kier molecular flexibility index (Phi) is 2.34. The molecule has 0 bridgehead atoms. The Morgan fingerprint density at radius 1 is 1.38 bits per heavy atom. The minimum absolute atomic E-state index is 0.0351. The molecule has 0 aromatic rings. The van der Waals surface area contributed by atoms with Gasteiger partial charge in [-0.1, -0.05) is 13.8 Å². The van der Waals surface area contributed by atoms with Crippen LogP contribution in [0, 0.1) is 11.3 Å². The van der Waals surface area contributed by atoms with Gasteiger partial charge >= 0.3 is 0 Å². The molecule has 1 aliphatic carbocycles. The molecule has 0 atom stereocenters. The van der Waals surface area contributed by atoms with E-state index in [0.29, 0.717) is 0 Å². The Bertz CT molecular complexity index is 218. The fourth-order valence-electron chi connectivity index (χ4n) is 1.95. The van der Waals surface area contributed by atoms with E-state index in [1.807, 2.05) is 13.8 Å². The summed E-state index contributed by atoms with van der Waals surface area (Å²) >= 11 is 0. The highest BCUT2D eigenvalue weighted by atomic mass is 19.3. The van der Waals surface area contributed by atoms with E-state index in [4.69, 9.17) is 0 Å². The smallest absolute Gasteiger partial charge is 0.250 e. The van der Waals surface area contributed by atoms with Crippen LogP contribution in [0.4, 0.5) is 8.78 Å². The quantitative estimate of drug-likeness (QED) is 0.708. The van der Waals surface area contributed by atoms with Crippen LogP contribution in [0.25, 0.3) is 0 Å². The van der Waals surface area contributed by atoms with Crippen molar-refractivity contribution >= 4 is 5.91 Å². The van der Waals surface area contributed by atoms with Gasteiger partial charge in [-0.15, -0.1) is 0 Å². The predicted octanol–water partition coefficient (Wildman–Crippen LogP) is 1.80. The zero-order valence-corrected chi connectivity index (χ0v) is 8.16. The first-order valence-corrected chi connectivity index (χ1v) is 4.44. The van der Waals surface area contributed by atoms with E-state index < -0.39 is 11.3 Å². The molecule has 0 aliphatic heterocycles. The number of rotatable bonds is 2. The fraction of sp³-hybridized carbons (Fsp3) is 0.889. The van der Waals surface area contributed by atoms with E-state index >= 15 is 0 Å². The molecule has 0 saturated heterocycles. The number of nitrogens with one attached hydrogen (secondary N) is 1. The first-order chi connectivity index (χ1) is 5.84. The van der Waals surface area contributed by atoms with Crippen LogP contribution in [0.15, 0.2) is 0 Å². The second-order valence-corrected chi connectivity index (χ2v) is 4.10. The number of carbonyl (C=O) groups is 1. The van der Waals surface area contributed by atoms with E-state index in [2.05, 4.69) is 5.32 Å². The van der Waals surface area contributed by atoms with Gasteiger partial charge in [0, 0.05) is 19.9 Å². The van der Waals surface area contributed by atoms with Gasteiger partial charge in [-0.2, -0.15) is 0 Å². The number of hydrogen-bond acceptors (Lipinski definition) is 1. The largest absolute Gasteiger partial charge is 0.359 e. The summed E-state index contributed by atoms with van der Waals surface area (Å²) in [4.78, 5) is 11.4. The minimum Gasteiger partial charge on any atom is -0.359 e. The number of halogens is 2. The monoisotopic (exact) mass is 191 g/mol. The van der Waals surface area contributed by atoms with Crippen molar-refractivity contribution in [1.82, 2.24) is 5.32 Å². The standard InChI is InChI=1S/C9H15F2NO/c1-6(2)8(7(13)12-3)4-9(10,11)5-8/h6H,4-5H2,1-3H3,(H,12,13). The van der Waals surface area contributed by atoms with Crippen molar-refractivity contribution in [2.75, 3.05) is 7.05 Å². The first kappa shape index (κ1) is 10.4. The highest BCUT2D eigenvalue weighted by Crippen LogP contribution is 2.56. The molecule has 2 nitrogen and oxygen atoms in total. The summed E-state index contributed by atoms with van der Waals surface area (Å²) in [5, 5.41) is 2.45. The second kappa shape index (κ2) is 2.93. The summed E-state index contributed by atoms with van der Waals surface area (Å²) in [6.07, 6.45) is -0.616. The van der Waals surface area contributed by atoms with Crippen molar-refractivity contribution in [2.45, 2.75) is 32.6 Å². The summed E-state index contributed by atoms with van der Waals surface area (Å²) in [5.41, 5.74) is -0.835. The lowest BCUT2D eigenvalue weighted by molar-refractivity contribution is -0.189. The number of carbonyl (C=O) groups excluding carboxylic acids is 1. The molecular formula is C9H15F2NO. The summed E-state index contributed by atoms with van der Waals surface area (Å²) in [6, 6.07) is 0. The third kappa shape index (κ3) is 1.54. The van der Waals surface area contributed by atoms with Crippen molar-refractivity contribution < 1.29 is 13.6 Å². The van der Waals surface area contributed by atoms with Crippen molar-refractivity contribution in [3.05, 3.63) is 0 Å². The van der Waals surface area contributed by atoms with Crippen molar-refractivity contribution in [3.8, 4) is 0 Å². The predicted molar refractivity (Wildman–Crippen MR) is 45.5 cm³/mol. The van der Waals surface area contributed by atoms with Gasteiger partial charge in [0.15, 0.2) is 0 Å². The normalized spacial score (nSPS) is 23.8. The molecule has 1 saturated carbocycles. The Balaban J connectivity index is 2.77. The Morgan fingerprint density at radius 2 is 1.85 bits per heavy atom. The molecule has 0 spiro atoms. The van der Waals surface area contributed by atoms with Crippen LogP contribution in [0.1, 0.15) is 26.7 Å². The highest BCUT2D eigenvalue weighted by Gasteiger charge is 2.61. The Morgan fingerprint density at radius 3 is 2.08 bits per heavy atom.